The zero-order chi connectivity index (χ0) is 24.4. The fourth-order valence-corrected chi connectivity index (χ4v) is 3.97. The number of carbonyl (C=O) groups is 5. The number of nitrogens with one attached hydrogen (secondary N) is 2. The van der Waals surface area contributed by atoms with Gasteiger partial charge in [0.15, 0.2) is 6.61 Å². The highest BCUT2D eigenvalue weighted by Gasteiger charge is 2.42. The van der Waals surface area contributed by atoms with Crippen LogP contribution in [0.4, 0.5) is 0 Å². The van der Waals surface area contributed by atoms with Crippen LogP contribution in [0.1, 0.15) is 31.1 Å². The summed E-state index contributed by atoms with van der Waals surface area (Å²) >= 11 is 29.7. The van der Waals surface area contributed by atoms with E-state index in [0.29, 0.717) is 4.90 Å². The van der Waals surface area contributed by atoms with Gasteiger partial charge in [-0.3, -0.25) is 39.7 Å². The van der Waals surface area contributed by atoms with Crippen molar-refractivity contribution in [2.75, 3.05) is 13.2 Å². The Kier molecular flexibility index (Phi) is 7.71. The summed E-state index contributed by atoms with van der Waals surface area (Å²) in [5.74, 6) is -4.56. The normalized spacial score (nSPS) is 12.5. The third kappa shape index (κ3) is 5.02. The molecule has 1 aliphatic rings. The summed E-state index contributed by atoms with van der Waals surface area (Å²) in [6, 6.07) is 6.12. The van der Waals surface area contributed by atoms with Crippen LogP contribution in [0.5, 0.6) is 0 Å². The number of hydrazine groups is 1. The monoisotopic (exact) mass is 551 g/mol. The zero-order valence-electron chi connectivity index (χ0n) is 16.0. The average molecular weight is 554 g/mol. The van der Waals surface area contributed by atoms with E-state index in [4.69, 9.17) is 62.7 Å². The molecule has 0 unspecified atom stereocenters. The predicted molar refractivity (Wildman–Crippen MR) is 120 cm³/mol. The molecule has 0 aromatic heterocycles. The number of nitrogens with zero attached hydrogens (tertiary/aromatic N) is 1. The van der Waals surface area contributed by atoms with E-state index in [1.807, 2.05) is 5.43 Å². The quantitative estimate of drug-likeness (QED) is 0.192. The van der Waals surface area contributed by atoms with Gasteiger partial charge in [-0.05, 0) is 12.1 Å². The molecular weight excluding hydrogens is 543 g/mol. The van der Waals surface area contributed by atoms with Crippen molar-refractivity contribution in [2.24, 2.45) is 0 Å². The smallest absolute Gasteiger partial charge is 0.326 e. The van der Waals surface area contributed by atoms with Crippen LogP contribution in [0.25, 0.3) is 0 Å². The Morgan fingerprint density at radius 1 is 0.818 bits per heavy atom. The topological polar surface area (TPSA) is 122 Å². The van der Waals surface area contributed by atoms with Crippen LogP contribution < -0.4 is 10.9 Å². The van der Waals surface area contributed by atoms with Gasteiger partial charge in [0.05, 0.1) is 41.8 Å². The Bertz CT molecular complexity index is 1170. The average Bonchev–Trinajstić information content (AvgIpc) is 3.03. The van der Waals surface area contributed by atoms with E-state index in [0.717, 1.165) is 0 Å². The molecule has 1 heterocycles. The molecule has 2 N–H and O–H groups in total. The van der Waals surface area contributed by atoms with E-state index in [-0.39, 0.29) is 41.8 Å². The molecular formula is C19H10Cl5N3O6. The molecule has 2 aromatic rings. The van der Waals surface area contributed by atoms with Crippen molar-refractivity contribution in [3.8, 4) is 0 Å². The summed E-state index contributed by atoms with van der Waals surface area (Å²) in [4.78, 5) is 61.6. The Labute approximate surface area is 210 Å². The van der Waals surface area contributed by atoms with E-state index >= 15 is 0 Å². The summed E-state index contributed by atoms with van der Waals surface area (Å²) in [5.41, 5.74) is 3.64. The van der Waals surface area contributed by atoms with Gasteiger partial charge in [0, 0.05) is 0 Å². The van der Waals surface area contributed by atoms with Crippen molar-refractivity contribution in [3.05, 3.63) is 66.1 Å². The maximum Gasteiger partial charge on any atom is 0.326 e. The maximum atomic E-state index is 12.6. The van der Waals surface area contributed by atoms with E-state index in [1.54, 1.807) is 12.1 Å². The molecule has 2 aromatic carbocycles. The SMILES string of the molecule is O=C(COC(=O)CN1C(=O)c2c(Cl)c(Cl)c(Cl)c(Cl)c2C1=O)NNC(=O)c1ccccc1Cl. The summed E-state index contributed by atoms with van der Waals surface area (Å²) in [6.07, 6.45) is 0. The highest BCUT2D eigenvalue weighted by atomic mass is 35.5. The number of esters is 1. The second-order valence-corrected chi connectivity index (χ2v) is 8.26. The molecule has 3 rings (SSSR count). The number of hydrogen-bond acceptors (Lipinski definition) is 6. The van der Waals surface area contributed by atoms with Gasteiger partial charge in [-0.25, -0.2) is 0 Å². The Hall–Kier alpha value is -2.56. The van der Waals surface area contributed by atoms with Crippen LogP contribution in [0, 0.1) is 0 Å². The van der Waals surface area contributed by atoms with Gasteiger partial charge >= 0.3 is 5.97 Å². The number of benzene rings is 2. The summed E-state index contributed by atoms with van der Waals surface area (Å²) < 4.78 is 4.74. The number of rotatable bonds is 5. The standard InChI is InChI=1S/C19H10Cl5N3O6/c20-8-4-2-1-3-7(8)17(30)26-25-9(28)6-33-10(29)5-27-18(31)11-12(19(27)32)14(22)16(24)15(23)13(11)21/h1-4H,5-6H2,(H,25,28)(H,26,30). The van der Waals surface area contributed by atoms with Crippen molar-refractivity contribution in [1.29, 1.82) is 0 Å². The number of imide groups is 1. The Morgan fingerprint density at radius 3 is 1.91 bits per heavy atom. The lowest BCUT2D eigenvalue weighted by atomic mass is 10.1. The van der Waals surface area contributed by atoms with Crippen LogP contribution >= 0.6 is 58.0 Å². The molecule has 172 valence electrons. The lowest BCUT2D eigenvalue weighted by Crippen LogP contribution is -2.44. The fourth-order valence-electron chi connectivity index (χ4n) is 2.74. The van der Waals surface area contributed by atoms with Crippen LogP contribution in [0.15, 0.2) is 24.3 Å². The Morgan fingerprint density at radius 2 is 1.36 bits per heavy atom. The van der Waals surface area contributed by atoms with Crippen molar-refractivity contribution >= 4 is 87.6 Å². The highest BCUT2D eigenvalue weighted by molar-refractivity contribution is 6.55. The van der Waals surface area contributed by atoms with Gasteiger partial charge in [0.1, 0.15) is 6.54 Å². The van der Waals surface area contributed by atoms with Gasteiger partial charge < -0.3 is 4.74 Å². The number of carbonyl (C=O) groups excluding carboxylic acids is 5. The molecule has 0 saturated heterocycles. The first kappa shape index (κ1) is 25.1. The summed E-state index contributed by atoms with van der Waals surface area (Å²) in [5, 5.41) is -0.849. The van der Waals surface area contributed by atoms with Crippen LogP contribution in [-0.2, 0) is 14.3 Å². The van der Waals surface area contributed by atoms with Gasteiger partial charge in [-0.1, -0.05) is 70.1 Å². The number of amides is 4. The zero-order valence-corrected chi connectivity index (χ0v) is 19.8. The lowest BCUT2D eigenvalue weighted by Gasteiger charge is -2.13. The minimum Gasteiger partial charge on any atom is -0.454 e. The Balaban J connectivity index is 1.56. The number of ether oxygens (including phenoxy) is 1. The van der Waals surface area contributed by atoms with Crippen molar-refractivity contribution < 1.29 is 28.7 Å². The van der Waals surface area contributed by atoms with Crippen molar-refractivity contribution in [1.82, 2.24) is 15.8 Å². The molecule has 0 saturated carbocycles. The van der Waals surface area contributed by atoms with E-state index in [9.17, 15) is 24.0 Å². The highest BCUT2D eigenvalue weighted by Crippen LogP contribution is 2.44. The fraction of sp³-hybridized carbons (Fsp3) is 0.105. The molecule has 9 nitrogen and oxygen atoms in total. The first-order chi connectivity index (χ1) is 15.5. The second-order valence-electron chi connectivity index (χ2n) is 6.35. The number of hydrogen-bond donors (Lipinski definition) is 2. The molecule has 4 amide bonds. The first-order valence-electron chi connectivity index (χ1n) is 8.76. The van der Waals surface area contributed by atoms with Crippen molar-refractivity contribution in [3.63, 3.8) is 0 Å². The minimum atomic E-state index is -1.10. The van der Waals surface area contributed by atoms with Gasteiger partial charge in [0.25, 0.3) is 23.6 Å². The van der Waals surface area contributed by atoms with Crippen LogP contribution in [0.2, 0.25) is 25.1 Å². The molecule has 1 aliphatic heterocycles. The molecule has 33 heavy (non-hydrogen) atoms. The van der Waals surface area contributed by atoms with Crippen molar-refractivity contribution in [2.45, 2.75) is 0 Å². The molecule has 0 atom stereocenters. The molecule has 0 bridgehead atoms. The van der Waals surface area contributed by atoms with Crippen LogP contribution in [0.3, 0.4) is 0 Å². The summed E-state index contributed by atoms with van der Waals surface area (Å²) in [7, 11) is 0. The molecule has 0 aliphatic carbocycles. The maximum absolute atomic E-state index is 12.6. The largest absolute Gasteiger partial charge is 0.454 e. The van der Waals surface area contributed by atoms with Gasteiger partial charge in [-0.15, -0.1) is 0 Å². The molecule has 0 spiro atoms. The van der Waals surface area contributed by atoms with E-state index in [1.165, 1.54) is 12.1 Å². The number of fused-ring (bicyclic) bond motifs is 1. The molecule has 0 fully saturated rings. The first-order valence-corrected chi connectivity index (χ1v) is 10.6. The minimum absolute atomic E-state index is 0.111. The lowest BCUT2D eigenvalue weighted by molar-refractivity contribution is -0.148. The third-order valence-electron chi connectivity index (χ3n) is 4.27. The van der Waals surface area contributed by atoms with Gasteiger partial charge in [-0.2, -0.15) is 0 Å². The van der Waals surface area contributed by atoms with Gasteiger partial charge in [0.2, 0.25) is 0 Å². The van der Waals surface area contributed by atoms with E-state index < -0.39 is 42.7 Å². The van der Waals surface area contributed by atoms with E-state index in [2.05, 4.69) is 5.43 Å². The van der Waals surface area contributed by atoms with Crippen LogP contribution in [-0.4, -0.2) is 47.6 Å². The molecule has 0 radical (unpaired) electrons. The third-order valence-corrected chi connectivity index (χ3v) is 6.40. The summed E-state index contributed by atoms with van der Waals surface area (Å²) in [6.45, 7) is -1.66. The molecule has 14 heteroatoms. The predicted octanol–water partition coefficient (Wildman–Crippen LogP) is 3.55. The number of halogens is 5. The second kappa shape index (κ2) is 10.1.